The smallest absolute Gasteiger partial charge is 0.348 e. The van der Waals surface area contributed by atoms with Gasteiger partial charge in [-0.25, -0.2) is 0 Å². The van der Waals surface area contributed by atoms with Gasteiger partial charge >= 0.3 is 5.95 Å². The van der Waals surface area contributed by atoms with Gasteiger partial charge in [-0.3, -0.25) is 0 Å². The van der Waals surface area contributed by atoms with E-state index in [2.05, 4.69) is 4.74 Å². The molecule has 1 aromatic rings. The summed E-state index contributed by atoms with van der Waals surface area (Å²) in [7, 11) is 1.39. The second-order valence-corrected chi connectivity index (χ2v) is 2.10. The molecule has 0 atom stereocenters. The molecule has 0 heterocycles. The van der Waals surface area contributed by atoms with Crippen molar-refractivity contribution >= 4 is 12.5 Å². The third-order valence-corrected chi connectivity index (χ3v) is 1.38. The summed E-state index contributed by atoms with van der Waals surface area (Å²) >= 11 is 0. The molecule has 0 aliphatic rings. The molecule has 1 N–H and O–H groups in total. The summed E-state index contributed by atoms with van der Waals surface area (Å²) in [4.78, 5) is 0. The Labute approximate surface area is 65.1 Å². The minimum atomic E-state index is -0.150. The molecule has 2 heteroatoms. The second kappa shape index (κ2) is 3.04. The molecular weight excluding hydrogens is 140 g/mol. The summed E-state index contributed by atoms with van der Waals surface area (Å²) in [6.45, 7) is 5.54. The molecule has 0 aromatic heterocycles. The van der Waals surface area contributed by atoms with Gasteiger partial charge in [-0.15, -0.1) is 0 Å². The van der Waals surface area contributed by atoms with Gasteiger partial charge < -0.3 is 9.84 Å². The predicted octanol–water partition coefficient (Wildman–Crippen LogP) is 0.244. The van der Waals surface area contributed by atoms with E-state index in [0.29, 0.717) is 10.4 Å². The van der Waals surface area contributed by atoms with Gasteiger partial charge in [-0.2, -0.15) is 0 Å². The van der Waals surface area contributed by atoms with Gasteiger partial charge in [0, 0.05) is 12.6 Å². The lowest BCUT2D eigenvalue weighted by Crippen LogP contribution is -2.25. The van der Waals surface area contributed by atoms with Crippen LogP contribution in [-0.4, -0.2) is 12.2 Å². The zero-order valence-corrected chi connectivity index (χ0v) is 6.24. The van der Waals surface area contributed by atoms with Crippen LogP contribution >= 0.6 is 0 Å². The number of hydrogen-bond acceptors (Lipinski definition) is 2. The van der Waals surface area contributed by atoms with E-state index in [1.165, 1.54) is 7.11 Å². The van der Waals surface area contributed by atoms with Gasteiger partial charge in [0.05, 0.1) is 13.2 Å². The molecule has 0 spiro atoms. The maximum Gasteiger partial charge on any atom is 0.348 e. The first kappa shape index (κ1) is 7.58. The fourth-order valence-corrected chi connectivity index (χ4v) is 0.802. The van der Waals surface area contributed by atoms with Gasteiger partial charge in [0.2, 0.25) is 0 Å². The van der Waals surface area contributed by atoms with Crippen LogP contribution in [0.4, 0.5) is 0 Å². The summed E-state index contributed by atoms with van der Waals surface area (Å²) in [6.07, 6.45) is 0. The van der Waals surface area contributed by atoms with Crippen LogP contribution in [0.25, 0.3) is 12.5 Å². The van der Waals surface area contributed by atoms with Crippen molar-refractivity contribution in [1.82, 2.24) is 0 Å². The van der Waals surface area contributed by atoms with Crippen LogP contribution in [0.5, 0.6) is 0 Å². The quantitative estimate of drug-likeness (QED) is 0.580. The highest BCUT2D eigenvalue weighted by atomic mass is 16.6. The number of rotatable bonds is 1. The second-order valence-electron chi connectivity index (χ2n) is 2.10. The van der Waals surface area contributed by atoms with Crippen molar-refractivity contribution in [3.8, 4) is 0 Å². The van der Waals surface area contributed by atoms with Gasteiger partial charge in [0.25, 0.3) is 0 Å². The van der Waals surface area contributed by atoms with Crippen LogP contribution < -0.4 is 10.4 Å². The monoisotopic (exact) mass is 149 g/mol. The van der Waals surface area contributed by atoms with E-state index in [-0.39, 0.29) is 5.95 Å². The molecule has 0 saturated heterocycles. The van der Waals surface area contributed by atoms with Crippen molar-refractivity contribution < 1.29 is 9.84 Å². The van der Waals surface area contributed by atoms with Crippen LogP contribution in [-0.2, 0) is 4.74 Å². The van der Waals surface area contributed by atoms with E-state index in [9.17, 15) is 0 Å². The van der Waals surface area contributed by atoms with E-state index in [0.717, 1.165) is 0 Å². The molecule has 2 nitrogen and oxygen atoms in total. The minimum Gasteiger partial charge on any atom is -0.470 e. The zero-order valence-electron chi connectivity index (χ0n) is 6.24. The SMILES string of the molecule is [CH+]=c1ccccc1=C(O)OC. The lowest BCUT2D eigenvalue weighted by molar-refractivity contribution is 0.231. The highest BCUT2D eigenvalue weighted by Gasteiger charge is 1.99. The van der Waals surface area contributed by atoms with E-state index in [1.54, 1.807) is 24.3 Å². The van der Waals surface area contributed by atoms with E-state index >= 15 is 0 Å². The number of aliphatic hydroxyl groups is 1. The highest BCUT2D eigenvalue weighted by molar-refractivity contribution is 5.28. The zero-order chi connectivity index (χ0) is 8.27. The average Bonchev–Trinajstić information content (AvgIpc) is 2.04. The topological polar surface area (TPSA) is 29.5 Å². The van der Waals surface area contributed by atoms with Crippen molar-refractivity contribution in [1.29, 1.82) is 0 Å². The summed E-state index contributed by atoms with van der Waals surface area (Å²) in [5.41, 5.74) is 0. The van der Waals surface area contributed by atoms with Crippen LogP contribution in [0.3, 0.4) is 0 Å². The van der Waals surface area contributed by atoms with Crippen LogP contribution in [0, 0.1) is 0 Å². The lowest BCUT2D eigenvalue weighted by atomic mass is 10.2. The number of hydrogen-bond donors (Lipinski definition) is 1. The van der Waals surface area contributed by atoms with Gasteiger partial charge in [0.1, 0.15) is 0 Å². The van der Waals surface area contributed by atoms with Crippen molar-refractivity contribution in [2.75, 3.05) is 7.11 Å². The Morgan fingerprint density at radius 1 is 1.45 bits per heavy atom. The summed E-state index contributed by atoms with van der Waals surface area (Å²) in [6, 6.07) is 6.96. The summed E-state index contributed by atoms with van der Waals surface area (Å²) < 4.78 is 4.61. The van der Waals surface area contributed by atoms with Crippen molar-refractivity contribution in [3.63, 3.8) is 0 Å². The van der Waals surface area contributed by atoms with Gasteiger partial charge in [0.15, 0.2) is 10.4 Å². The molecule has 0 unspecified atom stereocenters. The Morgan fingerprint density at radius 3 is 2.64 bits per heavy atom. The first-order valence-corrected chi connectivity index (χ1v) is 3.20. The molecule has 11 heavy (non-hydrogen) atoms. The predicted molar refractivity (Wildman–Crippen MR) is 43.2 cm³/mol. The van der Waals surface area contributed by atoms with Crippen LogP contribution in [0.15, 0.2) is 24.3 Å². The van der Waals surface area contributed by atoms with Gasteiger partial charge in [-0.1, -0.05) is 0 Å². The molecule has 1 rings (SSSR count). The number of methoxy groups -OCH3 is 1. The Bertz CT molecular complexity index is 341. The first-order valence-electron chi connectivity index (χ1n) is 3.20. The fraction of sp³-hybridized carbons (Fsp3) is 0.111. The molecule has 0 amide bonds. The van der Waals surface area contributed by atoms with E-state index < -0.39 is 0 Å². The molecule has 0 radical (unpaired) electrons. The molecule has 0 bridgehead atoms. The fourth-order valence-electron chi connectivity index (χ4n) is 0.802. The minimum absolute atomic E-state index is 0.150. The van der Waals surface area contributed by atoms with Crippen LogP contribution in [0.1, 0.15) is 0 Å². The lowest BCUT2D eigenvalue weighted by Gasteiger charge is -1.90. The molecule has 0 aliphatic heterocycles. The maximum atomic E-state index is 9.12. The summed E-state index contributed by atoms with van der Waals surface area (Å²) in [5.74, 6) is -0.150. The number of benzene rings is 1. The Balaban J connectivity index is 3.46. The Morgan fingerprint density at radius 2 is 2.09 bits per heavy atom. The largest absolute Gasteiger partial charge is 0.470 e. The standard InChI is InChI=1S/C9H8O2/c1-7-5-3-4-6-8(7)9(10)11-2/h1,3-6H,2H3/p+1. The molecule has 0 fully saturated rings. The highest BCUT2D eigenvalue weighted by Crippen LogP contribution is 1.82. The summed E-state index contributed by atoms with van der Waals surface area (Å²) in [5, 5.41) is 10.2. The van der Waals surface area contributed by atoms with E-state index in [1.807, 2.05) is 0 Å². The first-order chi connectivity index (χ1) is 5.25. The molecule has 1 aromatic carbocycles. The Kier molecular flexibility index (Phi) is 2.09. The normalized spacial score (nSPS) is 12.4. The van der Waals surface area contributed by atoms with Gasteiger partial charge in [-0.05, 0) is 12.1 Å². The molecule has 56 valence electrons. The average molecular weight is 149 g/mol. The van der Waals surface area contributed by atoms with Crippen molar-refractivity contribution in [3.05, 3.63) is 34.7 Å². The Hall–Kier alpha value is -1.53. The molecule has 0 aliphatic carbocycles. The third kappa shape index (κ3) is 1.48. The maximum absolute atomic E-state index is 9.12. The molecule has 0 saturated carbocycles. The van der Waals surface area contributed by atoms with Crippen molar-refractivity contribution in [2.24, 2.45) is 0 Å². The molecular formula is C9H9O2+. The number of ether oxygens (including phenoxy) is 1. The van der Waals surface area contributed by atoms with E-state index in [4.69, 9.17) is 11.7 Å². The third-order valence-electron chi connectivity index (χ3n) is 1.38. The van der Waals surface area contributed by atoms with Crippen LogP contribution in [0.2, 0.25) is 0 Å². The number of aliphatic hydroxyl groups excluding tert-OH is 1. The van der Waals surface area contributed by atoms with Crippen molar-refractivity contribution in [2.45, 2.75) is 0 Å².